The molecule has 36 heavy (non-hydrogen) atoms. The van der Waals surface area contributed by atoms with E-state index in [1.54, 1.807) is 0 Å². The molecule has 1 saturated heterocycles. The van der Waals surface area contributed by atoms with Gasteiger partial charge < -0.3 is 18.8 Å². The fourth-order valence-electron chi connectivity index (χ4n) is 5.59. The van der Waals surface area contributed by atoms with Crippen LogP contribution in [-0.4, -0.2) is 36.1 Å². The van der Waals surface area contributed by atoms with E-state index in [4.69, 9.17) is 14.2 Å². The molecule has 1 atom stereocenters. The molecule has 3 aromatic rings. The fourth-order valence-corrected chi connectivity index (χ4v) is 5.59. The van der Waals surface area contributed by atoms with Crippen molar-refractivity contribution in [2.45, 2.75) is 77.0 Å². The van der Waals surface area contributed by atoms with Gasteiger partial charge in [0.1, 0.15) is 18.0 Å². The zero-order valence-corrected chi connectivity index (χ0v) is 21.3. The van der Waals surface area contributed by atoms with Crippen molar-refractivity contribution in [2.75, 3.05) is 18.5 Å². The van der Waals surface area contributed by atoms with Gasteiger partial charge in [0.15, 0.2) is 0 Å². The third-order valence-electron chi connectivity index (χ3n) is 8.12. The highest BCUT2D eigenvalue weighted by Crippen LogP contribution is 2.43. The largest absolute Gasteiger partial charge is 0.490 e. The van der Waals surface area contributed by atoms with Crippen molar-refractivity contribution < 1.29 is 19.0 Å². The summed E-state index contributed by atoms with van der Waals surface area (Å²) in [5.74, 6) is 1.47. The summed E-state index contributed by atoms with van der Waals surface area (Å²) < 4.78 is 19.9. The molecule has 1 N–H and O–H groups in total. The number of ether oxygens (including phenoxy) is 3. The van der Waals surface area contributed by atoms with E-state index < -0.39 is 0 Å². The van der Waals surface area contributed by atoms with Crippen LogP contribution >= 0.6 is 0 Å². The van der Waals surface area contributed by atoms with Crippen LogP contribution in [0.15, 0.2) is 42.5 Å². The van der Waals surface area contributed by atoms with Crippen molar-refractivity contribution in [3.05, 3.63) is 48.0 Å². The monoisotopic (exact) mass is 488 g/mol. The number of rotatable bonds is 7. The highest BCUT2D eigenvalue weighted by atomic mass is 16.6. The predicted octanol–water partition coefficient (Wildman–Crippen LogP) is 7.25. The molecule has 0 spiro atoms. The maximum atomic E-state index is 12.3. The maximum Gasteiger partial charge on any atom is 0.411 e. The predicted molar refractivity (Wildman–Crippen MR) is 142 cm³/mol. The molecule has 2 heterocycles. The Kier molecular flexibility index (Phi) is 6.38. The van der Waals surface area contributed by atoms with Crippen molar-refractivity contribution in [3.8, 4) is 17.0 Å². The first-order chi connectivity index (χ1) is 17.6. The fraction of sp³-hybridized carbons (Fsp3) is 0.500. The van der Waals surface area contributed by atoms with Crippen LogP contribution in [0.4, 0.5) is 10.5 Å². The van der Waals surface area contributed by atoms with E-state index >= 15 is 0 Å². The lowest BCUT2D eigenvalue weighted by atomic mass is 9.92. The quantitative estimate of drug-likeness (QED) is 0.381. The minimum Gasteiger partial charge on any atom is -0.490 e. The number of fused-ring (bicyclic) bond motifs is 1. The molecule has 3 aliphatic rings. The number of hydrogen-bond acceptors (Lipinski definition) is 4. The molecule has 0 bridgehead atoms. The van der Waals surface area contributed by atoms with Crippen LogP contribution in [-0.2, 0) is 9.47 Å². The molecule has 3 fully saturated rings. The molecule has 0 radical (unpaired) electrons. The minimum absolute atomic E-state index is 0.0228. The Morgan fingerprint density at radius 3 is 2.44 bits per heavy atom. The standard InChI is InChI=1S/C30H36N2O4/c1-19-27-13-12-26(36-25-14-16-34-17-15-25)18-28(27)32(24-4-3-5-24)29(19)22-8-10-23(11-9-22)31-30(33)35-20(2)21-6-7-21/h8-13,18,20-21,24-25H,3-7,14-17H2,1-2H3,(H,31,33). The number of nitrogens with zero attached hydrogens (tertiary/aromatic N) is 1. The summed E-state index contributed by atoms with van der Waals surface area (Å²) in [6.45, 7) is 5.74. The molecule has 6 nitrogen and oxygen atoms in total. The van der Waals surface area contributed by atoms with Crippen molar-refractivity contribution in [1.82, 2.24) is 4.57 Å². The number of aryl methyl sites for hydroxylation is 1. The van der Waals surface area contributed by atoms with Gasteiger partial charge in [-0.25, -0.2) is 4.79 Å². The highest BCUT2D eigenvalue weighted by Gasteiger charge is 2.31. The summed E-state index contributed by atoms with van der Waals surface area (Å²) in [6, 6.07) is 15.2. The van der Waals surface area contributed by atoms with E-state index in [-0.39, 0.29) is 18.3 Å². The average molecular weight is 489 g/mol. The van der Waals surface area contributed by atoms with E-state index in [0.29, 0.717) is 12.0 Å². The summed E-state index contributed by atoms with van der Waals surface area (Å²) in [4.78, 5) is 12.3. The second kappa shape index (κ2) is 9.81. The van der Waals surface area contributed by atoms with Gasteiger partial charge in [0.05, 0.1) is 24.4 Å². The molecule has 2 aliphatic carbocycles. The normalized spacial score (nSPS) is 19.6. The first-order valence-electron chi connectivity index (χ1n) is 13.5. The lowest BCUT2D eigenvalue weighted by molar-refractivity contribution is 0.0256. The van der Waals surface area contributed by atoms with Crippen LogP contribution in [0, 0.1) is 12.8 Å². The molecular weight excluding hydrogens is 452 g/mol. The number of carbonyl (C=O) groups is 1. The van der Waals surface area contributed by atoms with Gasteiger partial charge >= 0.3 is 6.09 Å². The number of nitrogens with one attached hydrogen (secondary N) is 1. The average Bonchev–Trinajstić information content (AvgIpc) is 3.66. The number of carbonyl (C=O) groups excluding carboxylic acids is 1. The second-order valence-corrected chi connectivity index (χ2v) is 10.7. The zero-order valence-electron chi connectivity index (χ0n) is 21.3. The van der Waals surface area contributed by atoms with Crippen LogP contribution in [0.1, 0.15) is 63.5 Å². The topological polar surface area (TPSA) is 61.7 Å². The first-order valence-corrected chi connectivity index (χ1v) is 13.5. The Morgan fingerprint density at radius 1 is 1.03 bits per heavy atom. The maximum absolute atomic E-state index is 12.3. The number of hydrogen-bond donors (Lipinski definition) is 1. The van der Waals surface area contributed by atoms with Crippen LogP contribution in [0.2, 0.25) is 0 Å². The van der Waals surface area contributed by atoms with Crippen molar-refractivity contribution >= 4 is 22.7 Å². The highest BCUT2D eigenvalue weighted by molar-refractivity contribution is 5.93. The van der Waals surface area contributed by atoms with E-state index in [1.165, 1.54) is 41.4 Å². The minimum atomic E-state index is -0.376. The van der Waals surface area contributed by atoms with Crippen molar-refractivity contribution in [2.24, 2.45) is 5.92 Å². The van der Waals surface area contributed by atoms with Crippen LogP contribution < -0.4 is 10.1 Å². The van der Waals surface area contributed by atoms with Crippen LogP contribution in [0.3, 0.4) is 0 Å². The summed E-state index contributed by atoms with van der Waals surface area (Å²) in [5, 5.41) is 4.16. The van der Waals surface area contributed by atoms with E-state index in [0.717, 1.165) is 55.9 Å². The lowest BCUT2D eigenvalue weighted by Gasteiger charge is -2.30. The molecule has 2 aromatic carbocycles. The first kappa shape index (κ1) is 23.4. The third kappa shape index (κ3) is 4.71. The molecule has 1 amide bonds. The number of anilines is 1. The molecular formula is C30H36N2O4. The van der Waals surface area contributed by atoms with Crippen LogP contribution in [0.25, 0.3) is 22.2 Å². The Morgan fingerprint density at radius 2 is 1.78 bits per heavy atom. The zero-order chi connectivity index (χ0) is 24.6. The molecule has 1 unspecified atom stereocenters. The van der Waals surface area contributed by atoms with Gasteiger partial charge in [-0.15, -0.1) is 0 Å². The molecule has 2 saturated carbocycles. The molecule has 190 valence electrons. The van der Waals surface area contributed by atoms with Gasteiger partial charge in [-0.3, -0.25) is 5.32 Å². The number of benzene rings is 2. The summed E-state index contributed by atoms with van der Waals surface area (Å²) >= 11 is 0. The number of amides is 1. The molecule has 1 aromatic heterocycles. The van der Waals surface area contributed by atoms with Crippen LogP contribution in [0.5, 0.6) is 5.75 Å². The smallest absolute Gasteiger partial charge is 0.411 e. The van der Waals surface area contributed by atoms with Gasteiger partial charge in [-0.05, 0) is 87.3 Å². The summed E-state index contributed by atoms with van der Waals surface area (Å²) in [5.41, 5.74) is 5.70. The van der Waals surface area contributed by atoms with Gasteiger partial charge in [-0.2, -0.15) is 0 Å². The lowest BCUT2D eigenvalue weighted by Crippen LogP contribution is -2.25. The summed E-state index contributed by atoms with van der Waals surface area (Å²) in [7, 11) is 0. The Balaban J connectivity index is 1.27. The second-order valence-electron chi connectivity index (χ2n) is 10.7. The van der Waals surface area contributed by atoms with Crippen molar-refractivity contribution in [3.63, 3.8) is 0 Å². The SMILES string of the molecule is Cc1c(-c2ccc(NC(=O)OC(C)C3CC3)cc2)n(C2CCC2)c2cc(OC3CCOCC3)ccc12. The molecule has 6 heteroatoms. The Labute approximate surface area is 212 Å². The van der Waals surface area contributed by atoms with Gasteiger partial charge in [0, 0.05) is 36.0 Å². The van der Waals surface area contributed by atoms with E-state index in [9.17, 15) is 4.79 Å². The van der Waals surface area contributed by atoms with E-state index in [2.05, 4.69) is 47.1 Å². The van der Waals surface area contributed by atoms with Gasteiger partial charge in [-0.1, -0.05) is 12.1 Å². The summed E-state index contributed by atoms with van der Waals surface area (Å²) in [6.07, 6.45) is 7.69. The van der Waals surface area contributed by atoms with Crippen molar-refractivity contribution in [1.29, 1.82) is 0 Å². The van der Waals surface area contributed by atoms with Gasteiger partial charge in [0.2, 0.25) is 0 Å². The number of aromatic nitrogens is 1. The molecule has 6 rings (SSSR count). The molecule has 1 aliphatic heterocycles. The van der Waals surface area contributed by atoms with Gasteiger partial charge in [0.25, 0.3) is 0 Å². The van der Waals surface area contributed by atoms with E-state index in [1.807, 2.05) is 19.1 Å². The Bertz CT molecular complexity index is 1230. The Hall–Kier alpha value is -2.99. The third-order valence-corrected chi connectivity index (χ3v) is 8.12.